The van der Waals surface area contributed by atoms with Crippen LogP contribution in [-0.2, 0) is 31.3 Å². The molecule has 3 N–H and O–H groups in total. The van der Waals surface area contributed by atoms with Gasteiger partial charge in [0.15, 0.2) is 0 Å². The maximum atomic E-state index is 13.2. The number of carbonyl (C=O) groups excluding carboxylic acids is 1. The van der Waals surface area contributed by atoms with Crippen LogP contribution in [-0.4, -0.2) is 32.7 Å². The normalized spacial score (nSPS) is 18.2. The Morgan fingerprint density at radius 3 is 2.36 bits per heavy atom. The molecule has 11 heteroatoms. The lowest BCUT2D eigenvalue weighted by molar-refractivity contribution is -0.118. The summed E-state index contributed by atoms with van der Waals surface area (Å²) in [4.78, 5) is 19.5. The molecule has 0 aliphatic carbocycles. The quantitative estimate of drug-likeness (QED) is 0.340. The standard InChI is InChI=1S/C25H24N4O5S2/c1-16-6-12-19(13-7-16)35(31,32)28-22(25-26-20-4-2-3-5-21(20)27-25)14-17-8-10-18(11-9-17)23-15-24(30)29-36(23,33)34/h2-13,22-23,28H,14-15H2,1H3,(H,26,27)(H,29,30). The minimum absolute atomic E-state index is 0.125. The van der Waals surface area contributed by atoms with Crippen molar-refractivity contribution in [2.75, 3.05) is 0 Å². The highest BCUT2D eigenvalue weighted by Gasteiger charge is 2.37. The second kappa shape index (κ2) is 9.16. The molecule has 0 radical (unpaired) electrons. The Bertz CT molecular complexity index is 1610. The van der Waals surface area contributed by atoms with Gasteiger partial charge in [-0.25, -0.2) is 26.5 Å². The number of aromatic amines is 1. The number of para-hydroxylation sites is 2. The van der Waals surface area contributed by atoms with Gasteiger partial charge < -0.3 is 4.98 Å². The Balaban J connectivity index is 1.46. The van der Waals surface area contributed by atoms with Crippen molar-refractivity contribution < 1.29 is 21.6 Å². The summed E-state index contributed by atoms with van der Waals surface area (Å²) in [6, 6.07) is 20.1. The Kier molecular flexibility index (Phi) is 6.15. The van der Waals surface area contributed by atoms with Gasteiger partial charge in [-0.1, -0.05) is 54.1 Å². The number of aromatic nitrogens is 2. The third-order valence-electron chi connectivity index (χ3n) is 6.16. The summed E-state index contributed by atoms with van der Waals surface area (Å²) in [5, 5.41) is -0.940. The topological polar surface area (TPSA) is 138 Å². The number of hydrogen-bond donors (Lipinski definition) is 3. The van der Waals surface area contributed by atoms with Gasteiger partial charge in [0.2, 0.25) is 26.0 Å². The van der Waals surface area contributed by atoms with Crippen LogP contribution in [0.5, 0.6) is 0 Å². The van der Waals surface area contributed by atoms with Gasteiger partial charge in [-0.05, 0) is 48.7 Å². The number of nitrogens with one attached hydrogen (secondary N) is 3. The molecule has 0 saturated carbocycles. The van der Waals surface area contributed by atoms with Crippen molar-refractivity contribution in [1.82, 2.24) is 19.4 Å². The predicted molar refractivity (Wildman–Crippen MR) is 135 cm³/mol. The molecule has 1 amide bonds. The number of imidazole rings is 1. The Hall–Kier alpha value is -3.54. The first-order valence-corrected chi connectivity index (χ1v) is 14.3. The summed E-state index contributed by atoms with van der Waals surface area (Å²) in [7, 11) is -7.61. The number of nitrogens with zero attached hydrogens (tertiary/aromatic N) is 1. The maximum absolute atomic E-state index is 13.2. The van der Waals surface area contributed by atoms with Gasteiger partial charge in [0.05, 0.1) is 28.4 Å². The molecule has 0 spiro atoms. The Morgan fingerprint density at radius 2 is 1.72 bits per heavy atom. The summed E-state index contributed by atoms with van der Waals surface area (Å²) in [5.41, 5.74) is 3.71. The van der Waals surface area contributed by atoms with Crippen LogP contribution in [0.3, 0.4) is 0 Å². The smallest absolute Gasteiger partial charge is 0.242 e. The highest BCUT2D eigenvalue weighted by Crippen LogP contribution is 2.31. The van der Waals surface area contributed by atoms with E-state index in [1.165, 1.54) is 0 Å². The number of hydrogen-bond acceptors (Lipinski definition) is 6. The number of benzene rings is 3. The number of fused-ring (bicyclic) bond motifs is 1. The molecule has 36 heavy (non-hydrogen) atoms. The lowest BCUT2D eigenvalue weighted by Gasteiger charge is -2.18. The summed E-state index contributed by atoms with van der Waals surface area (Å²) in [5.74, 6) is -0.0660. The maximum Gasteiger partial charge on any atom is 0.242 e. The molecule has 1 aliphatic heterocycles. The average Bonchev–Trinajstić information content (AvgIpc) is 3.38. The number of sulfonamides is 2. The van der Waals surface area contributed by atoms with E-state index in [2.05, 4.69) is 14.7 Å². The fourth-order valence-electron chi connectivity index (χ4n) is 4.26. The third-order valence-corrected chi connectivity index (χ3v) is 9.35. The van der Waals surface area contributed by atoms with Crippen LogP contribution >= 0.6 is 0 Å². The SMILES string of the molecule is Cc1ccc(S(=O)(=O)NC(Cc2ccc(C3CC(=O)NS3(=O)=O)cc2)c2nc3ccccc3[nH]2)cc1. The zero-order chi connectivity index (χ0) is 25.5. The second-order valence-electron chi connectivity index (χ2n) is 8.83. The van der Waals surface area contributed by atoms with Crippen LogP contribution < -0.4 is 9.44 Å². The van der Waals surface area contributed by atoms with E-state index in [0.717, 1.165) is 16.6 Å². The summed E-state index contributed by atoms with van der Waals surface area (Å²) in [6.07, 6.45) is 0.138. The molecule has 2 atom stereocenters. The van der Waals surface area contributed by atoms with Gasteiger partial charge in [-0.3, -0.25) is 9.52 Å². The molecular weight excluding hydrogens is 500 g/mol. The van der Waals surface area contributed by atoms with Crippen molar-refractivity contribution in [3.05, 3.63) is 95.3 Å². The zero-order valence-electron chi connectivity index (χ0n) is 19.3. The molecule has 2 unspecified atom stereocenters. The number of H-pyrrole nitrogens is 1. The largest absolute Gasteiger partial charge is 0.341 e. The van der Waals surface area contributed by atoms with Crippen LogP contribution in [0.1, 0.15) is 40.2 Å². The fraction of sp³-hybridized carbons (Fsp3) is 0.200. The van der Waals surface area contributed by atoms with E-state index in [9.17, 15) is 21.6 Å². The van der Waals surface area contributed by atoms with Crippen LogP contribution in [0.2, 0.25) is 0 Å². The predicted octanol–water partition coefficient (Wildman–Crippen LogP) is 3.02. The minimum Gasteiger partial charge on any atom is -0.341 e. The van der Waals surface area contributed by atoms with Crippen LogP contribution in [0.4, 0.5) is 0 Å². The first-order chi connectivity index (χ1) is 17.1. The minimum atomic E-state index is -3.86. The lowest BCUT2D eigenvalue weighted by atomic mass is 10.0. The van der Waals surface area contributed by atoms with E-state index in [4.69, 9.17) is 0 Å². The Labute approximate surface area is 209 Å². The third kappa shape index (κ3) is 4.90. The van der Waals surface area contributed by atoms with E-state index in [1.807, 2.05) is 35.9 Å². The summed E-state index contributed by atoms with van der Waals surface area (Å²) in [6.45, 7) is 1.88. The number of aryl methyl sites for hydroxylation is 1. The average molecular weight is 525 g/mol. The van der Waals surface area contributed by atoms with Gasteiger partial charge in [-0.2, -0.15) is 0 Å². The van der Waals surface area contributed by atoms with Gasteiger partial charge in [0.25, 0.3) is 0 Å². The van der Waals surface area contributed by atoms with Gasteiger partial charge in [0, 0.05) is 0 Å². The van der Waals surface area contributed by atoms with Crippen molar-refractivity contribution in [3.8, 4) is 0 Å². The number of carbonyl (C=O) groups is 1. The molecule has 186 valence electrons. The van der Waals surface area contributed by atoms with E-state index in [0.29, 0.717) is 16.9 Å². The van der Waals surface area contributed by atoms with Gasteiger partial charge in [-0.15, -0.1) is 0 Å². The molecule has 0 bridgehead atoms. The van der Waals surface area contributed by atoms with Crippen LogP contribution in [0.25, 0.3) is 11.0 Å². The number of amides is 1. The fourth-order valence-corrected chi connectivity index (χ4v) is 6.88. The molecular formula is C25H24N4O5S2. The molecule has 3 aromatic carbocycles. The highest BCUT2D eigenvalue weighted by atomic mass is 32.2. The van der Waals surface area contributed by atoms with E-state index < -0.39 is 37.2 Å². The summed E-state index contributed by atoms with van der Waals surface area (Å²) >= 11 is 0. The van der Waals surface area contributed by atoms with Crippen molar-refractivity contribution in [1.29, 1.82) is 0 Å². The van der Waals surface area contributed by atoms with Gasteiger partial charge >= 0.3 is 0 Å². The van der Waals surface area contributed by atoms with Crippen molar-refractivity contribution in [3.63, 3.8) is 0 Å². The Morgan fingerprint density at radius 1 is 1.03 bits per heavy atom. The lowest BCUT2D eigenvalue weighted by Crippen LogP contribution is -2.31. The molecule has 4 aromatic rings. The van der Waals surface area contributed by atoms with Crippen molar-refractivity contribution in [2.45, 2.75) is 36.0 Å². The van der Waals surface area contributed by atoms with E-state index in [1.54, 1.807) is 48.5 Å². The van der Waals surface area contributed by atoms with Gasteiger partial charge in [0.1, 0.15) is 11.1 Å². The molecule has 1 fully saturated rings. The highest BCUT2D eigenvalue weighted by molar-refractivity contribution is 7.90. The van der Waals surface area contributed by atoms with E-state index in [-0.39, 0.29) is 17.7 Å². The zero-order valence-corrected chi connectivity index (χ0v) is 20.9. The molecule has 9 nitrogen and oxygen atoms in total. The van der Waals surface area contributed by atoms with E-state index >= 15 is 0 Å². The molecule has 1 saturated heterocycles. The van der Waals surface area contributed by atoms with Crippen molar-refractivity contribution >= 4 is 37.0 Å². The van der Waals surface area contributed by atoms with Crippen molar-refractivity contribution in [2.24, 2.45) is 0 Å². The second-order valence-corrected chi connectivity index (χ2v) is 12.4. The molecule has 1 aromatic heterocycles. The first-order valence-electron chi connectivity index (χ1n) is 11.3. The molecule has 5 rings (SSSR count). The first kappa shape index (κ1) is 24.2. The summed E-state index contributed by atoms with van der Waals surface area (Å²) < 4.78 is 55.6. The molecule has 1 aliphatic rings. The molecule has 2 heterocycles. The van der Waals surface area contributed by atoms with Crippen LogP contribution in [0.15, 0.2) is 77.7 Å². The van der Waals surface area contributed by atoms with Crippen LogP contribution in [0, 0.1) is 6.92 Å². The monoisotopic (exact) mass is 524 g/mol. The number of rotatable bonds is 7.